The van der Waals surface area contributed by atoms with Crippen LogP contribution in [0.1, 0.15) is 22.3 Å². The molecule has 1 aliphatic rings. The van der Waals surface area contributed by atoms with Crippen LogP contribution in [0.4, 0.5) is 4.79 Å². The zero-order valence-corrected chi connectivity index (χ0v) is 27.8. The molecule has 262 valence electrons. The van der Waals surface area contributed by atoms with Crippen molar-refractivity contribution in [1.82, 2.24) is 5.32 Å². The first-order valence-corrected chi connectivity index (χ1v) is 16.3. The SMILES string of the molecule is COC(=O)[C@H](CO[C@@H]1O[C@H](COCc2ccccc2)[C@@H](OCc2ccccc2)[C@H](OCc2ccccc2)C1=O)NC(=O)OCc1ccccc1. The molecule has 5 atom stereocenters. The van der Waals surface area contributed by atoms with E-state index in [1.165, 1.54) is 7.11 Å². The fourth-order valence-corrected chi connectivity index (χ4v) is 5.22. The molecule has 0 aliphatic carbocycles. The molecular formula is C39H41NO10. The molecule has 0 radical (unpaired) electrons. The van der Waals surface area contributed by atoms with Crippen LogP contribution in [-0.2, 0) is 69.2 Å². The molecule has 1 N–H and O–H groups in total. The minimum atomic E-state index is -1.48. The quantitative estimate of drug-likeness (QED) is 0.149. The maximum atomic E-state index is 14.0. The van der Waals surface area contributed by atoms with E-state index in [-0.39, 0.29) is 26.4 Å². The van der Waals surface area contributed by atoms with Crippen LogP contribution in [0.5, 0.6) is 0 Å². The Hall–Kier alpha value is -4.91. The second kappa shape index (κ2) is 19.3. The van der Waals surface area contributed by atoms with E-state index in [0.29, 0.717) is 6.61 Å². The van der Waals surface area contributed by atoms with Gasteiger partial charge in [0.15, 0.2) is 12.1 Å². The molecule has 50 heavy (non-hydrogen) atoms. The van der Waals surface area contributed by atoms with Gasteiger partial charge in [-0.05, 0) is 22.3 Å². The van der Waals surface area contributed by atoms with Crippen LogP contribution < -0.4 is 5.32 Å². The fourth-order valence-electron chi connectivity index (χ4n) is 5.22. The van der Waals surface area contributed by atoms with E-state index in [9.17, 15) is 14.4 Å². The van der Waals surface area contributed by atoms with E-state index in [1.807, 2.05) is 109 Å². The molecule has 0 unspecified atom stereocenters. The molecule has 0 bridgehead atoms. The molecule has 5 rings (SSSR count). The molecule has 4 aromatic rings. The Morgan fingerprint density at radius 3 is 1.72 bits per heavy atom. The van der Waals surface area contributed by atoms with Crippen molar-refractivity contribution in [3.05, 3.63) is 144 Å². The zero-order valence-electron chi connectivity index (χ0n) is 27.8. The third-order valence-corrected chi connectivity index (χ3v) is 7.83. The lowest BCUT2D eigenvalue weighted by Crippen LogP contribution is -2.59. The number of benzene rings is 4. The van der Waals surface area contributed by atoms with Crippen molar-refractivity contribution in [3.8, 4) is 0 Å². The summed E-state index contributed by atoms with van der Waals surface area (Å²) in [6.07, 6.45) is -5.15. The standard InChI is InChI=1S/C39H41NO10/c1-44-37(42)32(40-39(43)49-25-31-20-12-5-13-21-31)26-48-38-34(41)36(47-24-30-18-10-4-11-19-30)35(46-23-29-16-8-3-9-17-29)33(50-38)27-45-22-28-14-6-2-7-15-28/h2-21,32-33,35-36,38H,22-27H2,1H3,(H,40,43)/t32-,33+,35+,36+,38+/m0/s1. The lowest BCUT2D eigenvalue weighted by atomic mass is 9.99. The third kappa shape index (κ3) is 11.1. The number of ether oxygens (including phenoxy) is 7. The first kappa shape index (κ1) is 36.4. The highest BCUT2D eigenvalue weighted by atomic mass is 16.7. The van der Waals surface area contributed by atoms with Crippen molar-refractivity contribution in [2.75, 3.05) is 20.3 Å². The van der Waals surface area contributed by atoms with Gasteiger partial charge in [0.05, 0.1) is 40.1 Å². The summed E-state index contributed by atoms with van der Waals surface area (Å²) in [6, 6.07) is 36.4. The first-order chi connectivity index (χ1) is 24.5. The minimum Gasteiger partial charge on any atom is -0.467 e. The van der Waals surface area contributed by atoms with Crippen molar-refractivity contribution in [2.45, 2.75) is 57.1 Å². The Labute approximate surface area is 291 Å². The summed E-state index contributed by atoms with van der Waals surface area (Å²) in [5, 5.41) is 2.45. The molecule has 1 fully saturated rings. The summed E-state index contributed by atoms with van der Waals surface area (Å²) in [4.78, 5) is 39.3. The molecule has 0 saturated carbocycles. The van der Waals surface area contributed by atoms with Crippen molar-refractivity contribution in [2.24, 2.45) is 0 Å². The van der Waals surface area contributed by atoms with Crippen molar-refractivity contribution in [1.29, 1.82) is 0 Å². The van der Waals surface area contributed by atoms with Gasteiger partial charge in [0.1, 0.15) is 18.8 Å². The monoisotopic (exact) mass is 683 g/mol. The van der Waals surface area contributed by atoms with E-state index in [4.69, 9.17) is 33.2 Å². The first-order valence-electron chi connectivity index (χ1n) is 16.3. The number of hydrogen-bond acceptors (Lipinski definition) is 10. The van der Waals surface area contributed by atoms with E-state index >= 15 is 0 Å². The van der Waals surface area contributed by atoms with E-state index in [1.54, 1.807) is 12.1 Å². The minimum absolute atomic E-state index is 0.0128. The van der Waals surface area contributed by atoms with Gasteiger partial charge in [0, 0.05) is 0 Å². The summed E-state index contributed by atoms with van der Waals surface area (Å²) in [6.45, 7) is 0.167. The second-order valence-corrected chi connectivity index (χ2v) is 11.5. The molecule has 11 heteroatoms. The number of methoxy groups -OCH3 is 1. The summed E-state index contributed by atoms with van der Waals surface area (Å²) in [5.41, 5.74) is 3.47. The number of carbonyl (C=O) groups excluding carboxylic acids is 3. The molecule has 1 saturated heterocycles. The number of nitrogens with one attached hydrogen (secondary N) is 1. The van der Waals surface area contributed by atoms with Gasteiger partial charge in [-0.15, -0.1) is 0 Å². The van der Waals surface area contributed by atoms with Crippen LogP contribution in [0.2, 0.25) is 0 Å². The van der Waals surface area contributed by atoms with Crippen LogP contribution in [-0.4, -0.2) is 68.8 Å². The average molecular weight is 684 g/mol. The zero-order chi connectivity index (χ0) is 35.0. The van der Waals surface area contributed by atoms with Gasteiger partial charge >= 0.3 is 12.1 Å². The van der Waals surface area contributed by atoms with Crippen molar-refractivity contribution in [3.63, 3.8) is 0 Å². The largest absolute Gasteiger partial charge is 0.467 e. The van der Waals surface area contributed by atoms with Gasteiger partial charge < -0.3 is 38.5 Å². The molecule has 4 aromatic carbocycles. The molecule has 1 amide bonds. The van der Waals surface area contributed by atoms with Crippen LogP contribution >= 0.6 is 0 Å². The number of ketones is 1. The van der Waals surface area contributed by atoms with E-state index in [0.717, 1.165) is 22.3 Å². The lowest BCUT2D eigenvalue weighted by molar-refractivity contribution is -0.258. The van der Waals surface area contributed by atoms with Gasteiger partial charge in [0.25, 0.3) is 0 Å². The topological polar surface area (TPSA) is 128 Å². The average Bonchev–Trinajstić information content (AvgIpc) is 3.16. The Morgan fingerprint density at radius 1 is 0.680 bits per heavy atom. The fraction of sp³-hybridized carbons (Fsp3) is 0.308. The number of carbonyl (C=O) groups is 3. The number of rotatable bonds is 17. The van der Waals surface area contributed by atoms with Crippen molar-refractivity contribution >= 4 is 17.8 Å². The number of amides is 1. The highest BCUT2D eigenvalue weighted by Gasteiger charge is 2.48. The molecule has 11 nitrogen and oxygen atoms in total. The Kier molecular flexibility index (Phi) is 14.1. The third-order valence-electron chi connectivity index (χ3n) is 7.83. The number of esters is 1. The molecule has 0 aromatic heterocycles. The number of hydrogen-bond donors (Lipinski definition) is 1. The van der Waals surface area contributed by atoms with Gasteiger partial charge in [-0.1, -0.05) is 121 Å². The van der Waals surface area contributed by atoms with Crippen LogP contribution in [0, 0.1) is 0 Å². The summed E-state index contributed by atoms with van der Waals surface area (Å²) in [7, 11) is 1.18. The van der Waals surface area contributed by atoms with Gasteiger partial charge in [-0.2, -0.15) is 0 Å². The molecule has 0 spiro atoms. The van der Waals surface area contributed by atoms with E-state index < -0.39 is 55.1 Å². The van der Waals surface area contributed by atoms with Gasteiger partial charge in [-0.25, -0.2) is 9.59 Å². The smallest absolute Gasteiger partial charge is 0.408 e. The number of alkyl carbamates (subject to hydrolysis) is 1. The van der Waals surface area contributed by atoms with Crippen LogP contribution in [0.15, 0.2) is 121 Å². The van der Waals surface area contributed by atoms with Crippen molar-refractivity contribution < 1.29 is 47.5 Å². The number of Topliss-reactive ketones (excluding diaryl/α,β-unsaturated/α-hetero) is 1. The maximum Gasteiger partial charge on any atom is 0.408 e. The van der Waals surface area contributed by atoms with Crippen LogP contribution in [0.25, 0.3) is 0 Å². The Balaban J connectivity index is 1.31. The highest BCUT2D eigenvalue weighted by molar-refractivity contribution is 5.88. The highest BCUT2D eigenvalue weighted by Crippen LogP contribution is 2.27. The molecular weight excluding hydrogens is 642 g/mol. The second-order valence-electron chi connectivity index (χ2n) is 11.5. The normalized spacial score (nSPS) is 19.3. The Bertz CT molecular complexity index is 1610. The van der Waals surface area contributed by atoms with Crippen LogP contribution in [0.3, 0.4) is 0 Å². The molecule has 1 heterocycles. The van der Waals surface area contributed by atoms with Gasteiger partial charge in [-0.3, -0.25) is 4.79 Å². The summed E-state index contributed by atoms with van der Waals surface area (Å²) in [5.74, 6) is -1.35. The predicted molar refractivity (Wildman–Crippen MR) is 181 cm³/mol. The molecule has 1 aliphatic heterocycles. The summed E-state index contributed by atoms with van der Waals surface area (Å²) < 4.78 is 40.9. The lowest BCUT2D eigenvalue weighted by Gasteiger charge is -2.40. The Morgan fingerprint density at radius 2 is 1.18 bits per heavy atom. The van der Waals surface area contributed by atoms with E-state index in [2.05, 4.69) is 5.32 Å². The van der Waals surface area contributed by atoms with Gasteiger partial charge in [0.2, 0.25) is 12.1 Å². The predicted octanol–water partition coefficient (Wildman–Crippen LogP) is 5.15. The maximum absolute atomic E-state index is 14.0. The summed E-state index contributed by atoms with van der Waals surface area (Å²) >= 11 is 0.